The van der Waals surface area contributed by atoms with Gasteiger partial charge in [0.2, 0.25) is 0 Å². The van der Waals surface area contributed by atoms with E-state index >= 15 is 0 Å². The van der Waals surface area contributed by atoms with E-state index in [0.29, 0.717) is 0 Å². The van der Waals surface area contributed by atoms with Crippen LogP contribution in [0, 0.1) is 15.8 Å². The molecule has 53 heavy (non-hydrogen) atoms. The van der Waals surface area contributed by atoms with E-state index in [1.807, 2.05) is 0 Å². The molecule has 1 aliphatic heterocycles. The number of allylic oxidation sites excluding steroid dienone is 3. The molecule has 0 amide bonds. The predicted octanol–water partition coefficient (Wildman–Crippen LogP) is -10.8. The number of nitrogens with one attached hydrogen (secondary N) is 1. The molecule has 2 heterocycles. The zero-order valence-corrected chi connectivity index (χ0v) is 35.9. The summed E-state index contributed by atoms with van der Waals surface area (Å²) in [5, 5.41) is 40.3. The summed E-state index contributed by atoms with van der Waals surface area (Å²) in [6, 6.07) is 8.06. The Labute approximate surface area is 370 Å². The average molecular weight is 808 g/mol. The van der Waals surface area contributed by atoms with Crippen molar-refractivity contribution in [2.75, 3.05) is 4.90 Å². The van der Waals surface area contributed by atoms with Crippen LogP contribution in [0.5, 0.6) is 6.01 Å². The first-order valence-electron chi connectivity index (χ1n) is 13.3. The molecule has 0 fully saturated rings. The van der Waals surface area contributed by atoms with Crippen LogP contribution in [-0.2, 0) is 24.8 Å². The Morgan fingerprint density at radius 1 is 0.906 bits per heavy atom. The number of halogens is 1. The van der Waals surface area contributed by atoms with Gasteiger partial charge < -0.3 is 30.2 Å². The number of hydrogen-bond donors (Lipinski definition) is 4. The summed E-state index contributed by atoms with van der Waals surface area (Å²) in [6.07, 6.45) is 4.63. The van der Waals surface area contributed by atoms with Gasteiger partial charge in [0.1, 0.15) is 15.9 Å². The van der Waals surface area contributed by atoms with E-state index in [1.54, 1.807) is 0 Å². The summed E-state index contributed by atoms with van der Waals surface area (Å²) in [7, 11) is -9.89. The third-order valence-electron chi connectivity index (χ3n) is 7.01. The summed E-state index contributed by atoms with van der Waals surface area (Å²) in [6.45, 7) is 0. The van der Waals surface area contributed by atoms with Crippen molar-refractivity contribution in [3.8, 4) is 6.01 Å². The zero-order valence-electron chi connectivity index (χ0n) is 27.4. The standard InChI is InChI=1S/C29H19N7O11S2.ClH.3Na/c30-23-20(49(45,46)47)12-18(21-22(23)25(38)16-4-2-1-3-15(16)24(21)37)31-14-5-6-19(48(42,43)44)17(11-14)32-27-33-28(35-29(41)34-27)36-9-7-13(8-10-36)26(39)40;;;;/h1-12,30H,(H6-,32,33,34,35,39,40,41,42,43,44,45,46,47);1H;;;/q;;3*+1/p-3. The fourth-order valence-corrected chi connectivity index (χ4v) is 6.11. The van der Waals surface area contributed by atoms with Crippen molar-refractivity contribution in [3.63, 3.8) is 0 Å². The van der Waals surface area contributed by atoms with E-state index in [-0.39, 0.29) is 129 Å². The van der Waals surface area contributed by atoms with Crippen molar-refractivity contribution >= 4 is 61.1 Å². The maximum atomic E-state index is 13.6. The summed E-state index contributed by atoms with van der Waals surface area (Å²) >= 11 is 0. The molecule has 0 unspecified atom stereocenters. The number of nitrogens with zero attached hydrogens (tertiary/aromatic N) is 6. The van der Waals surface area contributed by atoms with Crippen LogP contribution < -0.4 is 141 Å². The number of aromatic nitrogens is 3. The van der Waals surface area contributed by atoms with Crippen LogP contribution in [-0.4, -0.2) is 32.0 Å². The normalized spacial score (nSPS) is 13.3. The molecule has 0 atom stereocenters. The molecule has 24 heteroatoms. The van der Waals surface area contributed by atoms with Gasteiger partial charge in [0.15, 0.2) is 10.9 Å². The quantitative estimate of drug-likeness (QED) is 0.0555. The Bertz CT molecular complexity index is 2870. The van der Waals surface area contributed by atoms with Gasteiger partial charge in [-0.25, -0.2) is 9.98 Å². The topological polar surface area (TPSA) is 307 Å². The minimum Gasteiger partial charge on any atom is -0.884 e. The molecule has 0 bridgehead atoms. The van der Waals surface area contributed by atoms with Gasteiger partial charge in [0.05, 0.1) is 33.1 Å². The van der Waals surface area contributed by atoms with Crippen molar-refractivity contribution < 1.29 is 130 Å². The van der Waals surface area contributed by atoms with Gasteiger partial charge in [-0.1, -0.05) is 36.4 Å². The predicted molar refractivity (Wildman–Crippen MR) is 168 cm³/mol. The number of hydrogen-bond acceptors (Lipinski definition) is 14. The molecular weight excluding hydrogens is 791 g/mol. The number of anilines is 1. The van der Waals surface area contributed by atoms with Crippen molar-refractivity contribution in [3.05, 3.63) is 132 Å². The van der Waals surface area contributed by atoms with E-state index in [0.717, 1.165) is 41.3 Å². The van der Waals surface area contributed by atoms with Gasteiger partial charge in [-0.3, -0.25) is 24.5 Å². The minimum absolute atomic E-state index is 0. The Balaban J connectivity index is 0.00000243. The van der Waals surface area contributed by atoms with Crippen LogP contribution in [0.3, 0.4) is 0 Å². The van der Waals surface area contributed by atoms with Crippen molar-refractivity contribution in [2.24, 2.45) is 9.98 Å². The maximum absolute atomic E-state index is 13.6. The Morgan fingerprint density at radius 2 is 1.49 bits per heavy atom. The van der Waals surface area contributed by atoms with Gasteiger partial charge in [0, 0.05) is 16.8 Å². The first-order chi connectivity index (χ1) is 23.0. The summed E-state index contributed by atoms with van der Waals surface area (Å²) < 4.78 is 66.6. The van der Waals surface area contributed by atoms with Gasteiger partial charge in [-0.15, -0.1) is 12.4 Å². The van der Waals surface area contributed by atoms with Crippen LogP contribution in [0.15, 0.2) is 114 Å². The third kappa shape index (κ3) is 9.50. The molecule has 3 aliphatic rings. The van der Waals surface area contributed by atoms with Crippen LogP contribution in [0.25, 0.3) is 10.8 Å². The zero-order chi connectivity index (χ0) is 35.4. The molecular formula is C29H17ClN7Na3O11S2. The molecule has 2 aromatic carbocycles. The second-order valence-corrected chi connectivity index (χ2v) is 12.9. The Kier molecular flexibility index (Phi) is 15.5. The van der Waals surface area contributed by atoms with Crippen LogP contribution >= 0.6 is 12.4 Å². The first-order valence-corrected chi connectivity index (χ1v) is 16.3. The molecule has 4 N–H and O–H groups in total. The maximum Gasteiger partial charge on any atom is 1.00 e. The second-order valence-electron chi connectivity index (χ2n) is 10.1. The molecule has 3 aromatic rings. The molecule has 0 spiro atoms. The van der Waals surface area contributed by atoms with Crippen molar-refractivity contribution in [2.45, 2.75) is 9.79 Å². The van der Waals surface area contributed by atoms with Gasteiger partial charge >= 0.3 is 99.2 Å². The summed E-state index contributed by atoms with van der Waals surface area (Å²) in [4.78, 5) is 45.7. The summed E-state index contributed by atoms with van der Waals surface area (Å²) in [5.41, 5.74) is -3.33. The van der Waals surface area contributed by atoms with Crippen molar-refractivity contribution in [1.82, 2.24) is 15.0 Å². The molecule has 18 nitrogen and oxygen atoms in total. The number of fused-ring (bicyclic) bond motifs is 1. The fourth-order valence-electron chi connectivity index (χ4n) is 4.87. The first kappa shape index (κ1) is 46.3. The largest absolute Gasteiger partial charge is 1.00 e. The second kappa shape index (κ2) is 17.7. The number of benzene rings is 2. The molecule has 256 valence electrons. The molecule has 0 saturated carbocycles. The Hall–Kier alpha value is -2.90. The van der Waals surface area contributed by atoms with Gasteiger partial charge in [-0.05, 0) is 46.4 Å². The third-order valence-corrected chi connectivity index (χ3v) is 8.80. The molecule has 2 aliphatic carbocycles. The average Bonchev–Trinajstić information content (AvgIpc) is 3.03. The van der Waals surface area contributed by atoms with E-state index in [9.17, 15) is 51.2 Å². The molecule has 6 rings (SSSR count). The van der Waals surface area contributed by atoms with Crippen LogP contribution in [0.1, 0.15) is 0 Å². The van der Waals surface area contributed by atoms with Gasteiger partial charge in [0.25, 0.3) is 15.0 Å². The minimum atomic E-state index is -5.00. The van der Waals surface area contributed by atoms with E-state index in [1.165, 1.54) is 36.7 Å². The van der Waals surface area contributed by atoms with Gasteiger partial charge in [-0.2, -0.15) is 23.5 Å². The van der Waals surface area contributed by atoms with Crippen LogP contribution in [0.4, 0.5) is 17.3 Å². The molecule has 1 aromatic heterocycles. The van der Waals surface area contributed by atoms with Crippen molar-refractivity contribution in [1.29, 1.82) is 5.41 Å². The number of rotatable bonds is 5. The van der Waals surface area contributed by atoms with Crippen LogP contribution in [0.2, 0.25) is 0 Å². The monoisotopic (exact) mass is 807 g/mol. The smallest absolute Gasteiger partial charge is 0.884 e. The molecule has 0 saturated heterocycles. The SMILES string of the molecule is Cl.N=c1c([S+](=O)(O)O)cc(=Nc2ccc(S(=O)(=O)O)c(N=c3nc([O-])[n-]c(N4C=CC(=C([O-])[O-])C=C4)n3)c2)c2c(=O)c3ccccc3c(=O)c1=2.[Na+].[Na+].[Na+]. The van der Waals surface area contributed by atoms with E-state index < -0.39 is 85.7 Å². The molecule has 0 radical (unpaired) electrons. The van der Waals surface area contributed by atoms with E-state index in [4.69, 9.17) is 5.41 Å². The fraction of sp³-hybridized carbons (Fsp3) is 0. The van der Waals surface area contributed by atoms with E-state index in [2.05, 4.69) is 24.9 Å². The summed E-state index contributed by atoms with van der Waals surface area (Å²) in [5.74, 6) is -1.83. The Morgan fingerprint density at radius 3 is 2.04 bits per heavy atom.